The molecule has 1 aromatic carbocycles. The Hall–Kier alpha value is -1.18. The number of carboxylic acids is 1. The molecule has 1 unspecified atom stereocenters. The van der Waals surface area contributed by atoms with Crippen molar-refractivity contribution in [1.82, 2.24) is 5.32 Å². The molecule has 98 valence electrons. The molecule has 0 aliphatic heterocycles. The van der Waals surface area contributed by atoms with Crippen LogP contribution >= 0.6 is 22.6 Å². The van der Waals surface area contributed by atoms with E-state index in [9.17, 15) is 14.0 Å². The van der Waals surface area contributed by atoms with Gasteiger partial charge in [-0.1, -0.05) is 13.3 Å². The van der Waals surface area contributed by atoms with E-state index in [0.29, 0.717) is 16.4 Å². The third-order valence-electron chi connectivity index (χ3n) is 2.35. The zero-order valence-corrected chi connectivity index (χ0v) is 11.9. The lowest BCUT2D eigenvalue weighted by Gasteiger charge is -2.14. The highest BCUT2D eigenvalue weighted by Crippen LogP contribution is 2.14. The van der Waals surface area contributed by atoms with E-state index in [4.69, 9.17) is 5.11 Å². The van der Waals surface area contributed by atoms with Gasteiger partial charge in [0.25, 0.3) is 5.91 Å². The first-order valence-corrected chi connectivity index (χ1v) is 6.52. The van der Waals surface area contributed by atoms with Gasteiger partial charge in [0.05, 0.1) is 5.56 Å². The molecule has 0 saturated carbocycles. The lowest BCUT2D eigenvalue weighted by atomic mass is 10.1. The number of aliphatic carboxylic acids is 1. The van der Waals surface area contributed by atoms with Crippen molar-refractivity contribution < 1.29 is 19.1 Å². The summed E-state index contributed by atoms with van der Waals surface area (Å²) in [5, 5.41) is 11.3. The van der Waals surface area contributed by atoms with Crippen molar-refractivity contribution in [1.29, 1.82) is 0 Å². The van der Waals surface area contributed by atoms with Crippen molar-refractivity contribution in [3.8, 4) is 0 Å². The van der Waals surface area contributed by atoms with Crippen molar-refractivity contribution in [2.45, 2.75) is 25.8 Å². The minimum atomic E-state index is -1.09. The summed E-state index contributed by atoms with van der Waals surface area (Å²) < 4.78 is 13.6. The van der Waals surface area contributed by atoms with Gasteiger partial charge in [0, 0.05) is 3.57 Å². The van der Waals surface area contributed by atoms with Crippen LogP contribution in [-0.2, 0) is 4.79 Å². The smallest absolute Gasteiger partial charge is 0.326 e. The SMILES string of the molecule is CCCC(NC(=O)c1cc(F)ccc1I)C(=O)O. The molecule has 4 nitrogen and oxygen atoms in total. The maximum absolute atomic E-state index is 13.1. The number of halogens is 2. The van der Waals surface area contributed by atoms with E-state index >= 15 is 0 Å². The van der Waals surface area contributed by atoms with Gasteiger partial charge >= 0.3 is 5.97 Å². The van der Waals surface area contributed by atoms with Crippen LogP contribution in [0.3, 0.4) is 0 Å². The number of nitrogens with one attached hydrogen (secondary N) is 1. The highest BCUT2D eigenvalue weighted by Gasteiger charge is 2.21. The summed E-state index contributed by atoms with van der Waals surface area (Å²) >= 11 is 1.90. The first-order chi connectivity index (χ1) is 8.45. The second-order valence-corrected chi connectivity index (χ2v) is 4.94. The summed E-state index contributed by atoms with van der Waals surface area (Å²) in [6, 6.07) is 2.88. The fraction of sp³-hybridized carbons (Fsp3) is 0.333. The fourth-order valence-electron chi connectivity index (χ4n) is 1.45. The second-order valence-electron chi connectivity index (χ2n) is 3.78. The monoisotopic (exact) mass is 365 g/mol. The normalized spacial score (nSPS) is 11.9. The zero-order valence-electron chi connectivity index (χ0n) is 9.74. The summed E-state index contributed by atoms with van der Waals surface area (Å²) in [7, 11) is 0. The predicted octanol–water partition coefficient (Wildman–Crippen LogP) is 2.41. The number of rotatable bonds is 5. The molecular formula is C12H13FINO3. The summed E-state index contributed by atoms with van der Waals surface area (Å²) in [6.07, 6.45) is 0.977. The molecule has 1 rings (SSSR count). The van der Waals surface area contributed by atoms with E-state index in [1.807, 2.05) is 29.5 Å². The Morgan fingerprint density at radius 2 is 2.17 bits per heavy atom. The fourth-order valence-corrected chi connectivity index (χ4v) is 2.03. The van der Waals surface area contributed by atoms with Crippen molar-refractivity contribution in [2.24, 2.45) is 0 Å². The molecule has 0 saturated heterocycles. The molecule has 0 aliphatic carbocycles. The first-order valence-electron chi connectivity index (χ1n) is 5.44. The van der Waals surface area contributed by atoms with Gasteiger partial charge in [-0.25, -0.2) is 9.18 Å². The molecule has 0 radical (unpaired) electrons. The summed E-state index contributed by atoms with van der Waals surface area (Å²) in [4.78, 5) is 22.8. The molecule has 1 aromatic rings. The molecule has 0 bridgehead atoms. The minimum absolute atomic E-state index is 0.151. The lowest BCUT2D eigenvalue weighted by molar-refractivity contribution is -0.139. The van der Waals surface area contributed by atoms with Crippen LogP contribution in [0.2, 0.25) is 0 Å². The van der Waals surface area contributed by atoms with Gasteiger partial charge in [0.2, 0.25) is 0 Å². The average molecular weight is 365 g/mol. The van der Waals surface area contributed by atoms with Crippen LogP contribution in [0.25, 0.3) is 0 Å². The van der Waals surface area contributed by atoms with E-state index in [0.717, 1.165) is 6.07 Å². The van der Waals surface area contributed by atoms with Gasteiger partial charge in [-0.2, -0.15) is 0 Å². The largest absolute Gasteiger partial charge is 0.480 e. The van der Waals surface area contributed by atoms with E-state index in [1.54, 1.807) is 0 Å². The van der Waals surface area contributed by atoms with Crippen LogP contribution in [-0.4, -0.2) is 23.0 Å². The predicted molar refractivity (Wildman–Crippen MR) is 72.9 cm³/mol. The zero-order chi connectivity index (χ0) is 13.7. The summed E-state index contributed by atoms with van der Waals surface area (Å²) in [5.41, 5.74) is 0.151. The quantitative estimate of drug-likeness (QED) is 0.788. The van der Waals surface area contributed by atoms with Crippen molar-refractivity contribution in [2.75, 3.05) is 0 Å². The van der Waals surface area contributed by atoms with Crippen LogP contribution in [0, 0.1) is 9.39 Å². The van der Waals surface area contributed by atoms with Crippen molar-refractivity contribution in [3.05, 3.63) is 33.1 Å². The Morgan fingerprint density at radius 1 is 1.50 bits per heavy atom. The number of hydrogen-bond acceptors (Lipinski definition) is 2. The van der Waals surface area contributed by atoms with Gasteiger partial charge < -0.3 is 10.4 Å². The van der Waals surface area contributed by atoms with Gasteiger partial charge in [-0.15, -0.1) is 0 Å². The molecule has 2 N–H and O–H groups in total. The topological polar surface area (TPSA) is 66.4 Å². The standard InChI is InChI=1S/C12H13FINO3/c1-2-3-10(12(17)18)15-11(16)8-6-7(13)4-5-9(8)14/h4-6,10H,2-3H2,1H3,(H,15,16)(H,17,18). The summed E-state index contributed by atoms with van der Waals surface area (Å²) in [6.45, 7) is 1.83. The molecule has 0 fully saturated rings. The Kier molecular flexibility index (Phi) is 5.52. The maximum Gasteiger partial charge on any atom is 0.326 e. The number of benzene rings is 1. The third kappa shape index (κ3) is 3.94. The molecule has 0 aromatic heterocycles. The third-order valence-corrected chi connectivity index (χ3v) is 3.29. The molecule has 0 aliphatic rings. The Morgan fingerprint density at radius 3 is 2.72 bits per heavy atom. The minimum Gasteiger partial charge on any atom is -0.480 e. The van der Waals surface area contributed by atoms with E-state index in [1.165, 1.54) is 12.1 Å². The Bertz CT molecular complexity index is 465. The lowest BCUT2D eigenvalue weighted by Crippen LogP contribution is -2.40. The van der Waals surface area contributed by atoms with Crippen LogP contribution in [0.4, 0.5) is 4.39 Å². The molecule has 18 heavy (non-hydrogen) atoms. The van der Waals surface area contributed by atoms with Crippen molar-refractivity contribution >= 4 is 34.5 Å². The molecule has 6 heteroatoms. The maximum atomic E-state index is 13.1. The van der Waals surface area contributed by atoms with Crippen LogP contribution in [0.15, 0.2) is 18.2 Å². The molecule has 1 amide bonds. The molecule has 0 heterocycles. The van der Waals surface area contributed by atoms with Crippen LogP contribution in [0.1, 0.15) is 30.1 Å². The Balaban J connectivity index is 2.86. The molecular weight excluding hydrogens is 352 g/mol. The van der Waals surface area contributed by atoms with Crippen LogP contribution < -0.4 is 5.32 Å². The van der Waals surface area contributed by atoms with Gasteiger partial charge in [0.15, 0.2) is 0 Å². The summed E-state index contributed by atoms with van der Waals surface area (Å²) in [5.74, 6) is -2.18. The van der Waals surface area contributed by atoms with Gasteiger partial charge in [-0.3, -0.25) is 4.79 Å². The first kappa shape index (κ1) is 14.9. The van der Waals surface area contributed by atoms with E-state index < -0.39 is 23.7 Å². The molecule has 1 atom stereocenters. The molecule has 0 spiro atoms. The number of carbonyl (C=O) groups is 2. The highest BCUT2D eigenvalue weighted by molar-refractivity contribution is 14.1. The van der Waals surface area contributed by atoms with E-state index in [-0.39, 0.29) is 5.56 Å². The highest BCUT2D eigenvalue weighted by atomic mass is 127. The number of carboxylic acid groups (broad SMARTS) is 1. The second kappa shape index (κ2) is 6.67. The Labute approximate surface area is 118 Å². The van der Waals surface area contributed by atoms with Crippen molar-refractivity contribution in [3.63, 3.8) is 0 Å². The van der Waals surface area contributed by atoms with Gasteiger partial charge in [0.1, 0.15) is 11.9 Å². The number of amides is 1. The number of hydrogen-bond donors (Lipinski definition) is 2. The van der Waals surface area contributed by atoms with Crippen LogP contribution in [0.5, 0.6) is 0 Å². The number of carbonyl (C=O) groups excluding carboxylic acids is 1. The van der Waals surface area contributed by atoms with E-state index in [2.05, 4.69) is 5.32 Å². The van der Waals surface area contributed by atoms with Gasteiger partial charge in [-0.05, 0) is 47.2 Å². The average Bonchev–Trinajstić information content (AvgIpc) is 2.31.